The lowest BCUT2D eigenvalue weighted by Crippen LogP contribution is -2.39. The summed E-state index contributed by atoms with van der Waals surface area (Å²) in [5.74, 6) is 0.528. The molecule has 7 nitrogen and oxygen atoms in total. The highest BCUT2D eigenvalue weighted by atomic mass is 35.5. The first-order valence-corrected chi connectivity index (χ1v) is 17.7. The summed E-state index contributed by atoms with van der Waals surface area (Å²) in [6.45, 7) is 4.58. The largest absolute Gasteiger partial charge is 0.340 e. The van der Waals surface area contributed by atoms with Crippen LogP contribution < -0.4 is 0 Å². The number of fused-ring (bicyclic) bond motifs is 1. The number of pyridine rings is 1. The molecular weight excluding hydrogens is 664 g/mol. The van der Waals surface area contributed by atoms with Gasteiger partial charge >= 0.3 is 0 Å². The molecule has 3 aromatic heterocycles. The standard InChI is InChI=1S/C44H35ClN6O/c1-3-36-27-40-41(42(45)46-36)39(29-52)30(2)50(40)28-31-23-25-32(26-24-31)37-21-13-14-22-38(37)43-47-49-51(48-43)44(33-15-7-4-8-16-33,34-17-9-5-10-18-34)35-19-11-6-12-20-35/h4-27,29H,3,28H2,1-2H3. The molecule has 0 unspecified atom stereocenters. The molecule has 0 saturated heterocycles. The average Bonchev–Trinajstić information content (AvgIpc) is 3.80. The van der Waals surface area contributed by atoms with E-state index in [2.05, 4.69) is 76.3 Å². The summed E-state index contributed by atoms with van der Waals surface area (Å²) in [7, 11) is 0. The van der Waals surface area contributed by atoms with Gasteiger partial charge in [-0.05, 0) is 58.0 Å². The lowest BCUT2D eigenvalue weighted by Gasteiger charge is -2.34. The van der Waals surface area contributed by atoms with Gasteiger partial charge in [-0.2, -0.15) is 0 Å². The maximum absolute atomic E-state index is 12.1. The van der Waals surface area contributed by atoms with E-state index in [4.69, 9.17) is 27.0 Å². The van der Waals surface area contributed by atoms with E-state index in [0.717, 1.165) is 68.6 Å². The van der Waals surface area contributed by atoms with Gasteiger partial charge in [0.2, 0.25) is 5.82 Å². The quantitative estimate of drug-likeness (QED) is 0.0808. The zero-order chi connectivity index (χ0) is 35.7. The van der Waals surface area contributed by atoms with Crippen LogP contribution in [0.3, 0.4) is 0 Å². The molecule has 0 spiro atoms. The van der Waals surface area contributed by atoms with Crippen LogP contribution in [0, 0.1) is 6.92 Å². The van der Waals surface area contributed by atoms with Crippen molar-refractivity contribution in [3.8, 4) is 22.5 Å². The molecule has 0 bridgehead atoms. The van der Waals surface area contributed by atoms with Crippen molar-refractivity contribution in [3.63, 3.8) is 0 Å². The van der Waals surface area contributed by atoms with Crippen LogP contribution >= 0.6 is 11.6 Å². The van der Waals surface area contributed by atoms with Crippen LogP contribution in [0.25, 0.3) is 33.4 Å². The van der Waals surface area contributed by atoms with E-state index < -0.39 is 5.54 Å². The minimum Gasteiger partial charge on any atom is -0.340 e. The molecule has 0 saturated carbocycles. The monoisotopic (exact) mass is 698 g/mol. The Hall–Kier alpha value is -6.18. The van der Waals surface area contributed by atoms with Crippen molar-refractivity contribution in [3.05, 3.63) is 190 Å². The zero-order valence-electron chi connectivity index (χ0n) is 28.8. The van der Waals surface area contributed by atoms with E-state index in [9.17, 15) is 4.79 Å². The van der Waals surface area contributed by atoms with E-state index >= 15 is 0 Å². The number of nitrogens with zero attached hydrogens (tertiary/aromatic N) is 6. The molecule has 8 heteroatoms. The highest BCUT2D eigenvalue weighted by Gasteiger charge is 2.41. The van der Waals surface area contributed by atoms with Gasteiger partial charge in [-0.25, -0.2) is 4.98 Å². The number of aryl methyl sites for hydroxylation is 1. The Morgan fingerprint density at radius 3 is 1.85 bits per heavy atom. The average molecular weight is 699 g/mol. The van der Waals surface area contributed by atoms with Crippen LogP contribution in [0.5, 0.6) is 0 Å². The normalized spacial score (nSPS) is 11.6. The van der Waals surface area contributed by atoms with Gasteiger partial charge in [-0.3, -0.25) is 4.79 Å². The molecule has 0 amide bonds. The van der Waals surface area contributed by atoms with Crippen molar-refractivity contribution >= 4 is 28.8 Å². The second kappa shape index (κ2) is 13.9. The minimum atomic E-state index is -0.867. The van der Waals surface area contributed by atoms with Crippen LogP contribution in [0.2, 0.25) is 5.15 Å². The van der Waals surface area contributed by atoms with Crippen LogP contribution in [0.4, 0.5) is 0 Å². The van der Waals surface area contributed by atoms with E-state index in [1.807, 2.05) is 92.7 Å². The maximum Gasteiger partial charge on any atom is 0.205 e. The van der Waals surface area contributed by atoms with E-state index in [1.165, 1.54) is 0 Å². The molecule has 52 heavy (non-hydrogen) atoms. The number of carbonyl (C=O) groups is 1. The number of benzene rings is 5. The molecule has 0 fully saturated rings. The summed E-state index contributed by atoms with van der Waals surface area (Å²) in [6.07, 6.45) is 1.62. The first-order valence-electron chi connectivity index (χ1n) is 17.3. The number of rotatable bonds is 10. The summed E-state index contributed by atoms with van der Waals surface area (Å²) in [6, 6.07) is 49.7. The van der Waals surface area contributed by atoms with Gasteiger partial charge in [0.05, 0.1) is 5.52 Å². The van der Waals surface area contributed by atoms with Gasteiger partial charge < -0.3 is 4.57 Å². The van der Waals surface area contributed by atoms with Crippen molar-refractivity contribution in [2.45, 2.75) is 32.4 Å². The number of hydrogen-bond donors (Lipinski definition) is 0. The molecular formula is C44H35ClN6O. The fourth-order valence-corrected chi connectivity index (χ4v) is 7.61. The third-order valence-corrected chi connectivity index (χ3v) is 10.2. The van der Waals surface area contributed by atoms with Crippen molar-refractivity contribution in [2.24, 2.45) is 0 Å². The molecule has 0 radical (unpaired) electrons. The first kappa shape index (κ1) is 33.0. The van der Waals surface area contributed by atoms with Gasteiger partial charge in [0, 0.05) is 34.4 Å². The maximum atomic E-state index is 12.1. The molecule has 8 aromatic rings. The summed E-state index contributed by atoms with van der Waals surface area (Å²) < 4.78 is 2.15. The van der Waals surface area contributed by atoms with Gasteiger partial charge in [0.25, 0.3) is 0 Å². The molecule has 0 aliphatic heterocycles. The number of aromatic nitrogens is 6. The smallest absolute Gasteiger partial charge is 0.205 e. The number of tetrazole rings is 1. The fraction of sp³-hybridized carbons (Fsp3) is 0.114. The number of halogens is 1. The second-order valence-corrected chi connectivity index (χ2v) is 13.2. The van der Waals surface area contributed by atoms with E-state index in [-0.39, 0.29) is 0 Å². The van der Waals surface area contributed by atoms with Crippen LogP contribution in [0.1, 0.15) is 50.9 Å². The number of aldehydes is 1. The highest BCUT2D eigenvalue weighted by molar-refractivity contribution is 6.35. The Morgan fingerprint density at radius 1 is 0.731 bits per heavy atom. The zero-order valence-corrected chi connectivity index (χ0v) is 29.6. The van der Waals surface area contributed by atoms with Crippen LogP contribution in [-0.2, 0) is 18.5 Å². The molecule has 0 atom stereocenters. The predicted octanol–water partition coefficient (Wildman–Crippen LogP) is 9.58. The van der Waals surface area contributed by atoms with Crippen LogP contribution in [0.15, 0.2) is 146 Å². The second-order valence-electron chi connectivity index (χ2n) is 12.8. The Bertz CT molecular complexity index is 2410. The lowest BCUT2D eigenvalue weighted by atomic mass is 9.77. The molecule has 3 heterocycles. The van der Waals surface area contributed by atoms with Crippen molar-refractivity contribution in [1.82, 2.24) is 29.8 Å². The molecule has 0 N–H and O–H groups in total. The molecule has 8 rings (SSSR count). The summed E-state index contributed by atoms with van der Waals surface area (Å²) >= 11 is 6.59. The van der Waals surface area contributed by atoms with Gasteiger partial charge in [-0.15, -0.1) is 15.0 Å². The Kier molecular flexibility index (Phi) is 8.79. The fourth-order valence-electron chi connectivity index (χ4n) is 7.30. The van der Waals surface area contributed by atoms with Crippen molar-refractivity contribution in [2.75, 3.05) is 0 Å². The van der Waals surface area contributed by atoms with Crippen molar-refractivity contribution < 1.29 is 4.79 Å². The summed E-state index contributed by atoms with van der Waals surface area (Å²) in [5.41, 5.74) is 9.44. The third kappa shape index (κ3) is 5.60. The van der Waals surface area contributed by atoms with Gasteiger partial charge in [0.1, 0.15) is 5.15 Å². The summed E-state index contributed by atoms with van der Waals surface area (Å²) in [5, 5.41) is 15.7. The Labute approximate surface area is 307 Å². The molecule has 5 aromatic carbocycles. The molecule has 254 valence electrons. The predicted molar refractivity (Wildman–Crippen MR) is 207 cm³/mol. The number of carbonyl (C=O) groups excluding carboxylic acids is 1. The van der Waals surface area contributed by atoms with Crippen molar-refractivity contribution in [1.29, 1.82) is 0 Å². The Balaban J connectivity index is 1.19. The third-order valence-electron chi connectivity index (χ3n) is 9.90. The highest BCUT2D eigenvalue weighted by Crippen LogP contribution is 2.40. The molecule has 0 aliphatic carbocycles. The summed E-state index contributed by atoms with van der Waals surface area (Å²) in [4.78, 5) is 18.4. The topological polar surface area (TPSA) is 78.5 Å². The SMILES string of the molecule is CCc1cc2c(c(Cl)n1)c(C=O)c(C)n2Cc1ccc(-c2ccccc2-c2nnn(C(c3ccccc3)(c3ccccc3)c3ccccc3)n2)cc1. The Morgan fingerprint density at radius 2 is 1.29 bits per heavy atom. The minimum absolute atomic E-state index is 0.365. The van der Waals surface area contributed by atoms with E-state index in [0.29, 0.717) is 28.5 Å². The number of hydrogen-bond acceptors (Lipinski definition) is 5. The first-order chi connectivity index (χ1) is 25.5. The van der Waals surface area contributed by atoms with Gasteiger partial charge in [0.15, 0.2) is 11.8 Å². The van der Waals surface area contributed by atoms with Crippen LogP contribution in [-0.4, -0.2) is 36.0 Å². The van der Waals surface area contributed by atoms with Gasteiger partial charge in [-0.1, -0.05) is 158 Å². The van der Waals surface area contributed by atoms with E-state index in [1.54, 1.807) is 4.80 Å². The molecule has 0 aliphatic rings. The lowest BCUT2D eigenvalue weighted by molar-refractivity contribution is 0.112.